The molecule has 1 aromatic carbocycles. The second-order valence-electron chi connectivity index (χ2n) is 5.97. The maximum Gasteiger partial charge on any atom is 0.325 e. The van der Waals surface area contributed by atoms with Gasteiger partial charge in [-0.25, -0.2) is 4.79 Å². The predicted octanol–water partition coefficient (Wildman–Crippen LogP) is 2.85. The van der Waals surface area contributed by atoms with E-state index in [-0.39, 0.29) is 18.3 Å². The highest BCUT2D eigenvalue weighted by Crippen LogP contribution is 2.20. The molecule has 3 amide bonds. The van der Waals surface area contributed by atoms with Crippen molar-refractivity contribution in [2.45, 2.75) is 25.4 Å². The van der Waals surface area contributed by atoms with Crippen molar-refractivity contribution in [3.8, 4) is 11.4 Å². The standard InChI is InChI=1S/C18H16N4O3S/c23-17-14(7-6-12-4-2-1-3-5-12)19-18(24)22(17)10-15-20-16(21-25-15)13-8-9-26-11-13/h1-5,8-9,11,14H,6-7,10H2,(H,19,24)/t14-/m1/s1. The first kappa shape index (κ1) is 16.5. The average molecular weight is 368 g/mol. The Morgan fingerprint density at radius 1 is 1.19 bits per heavy atom. The summed E-state index contributed by atoms with van der Waals surface area (Å²) in [7, 11) is 0. The Bertz CT molecular complexity index is 908. The summed E-state index contributed by atoms with van der Waals surface area (Å²) < 4.78 is 5.18. The maximum absolute atomic E-state index is 12.5. The minimum atomic E-state index is -0.526. The minimum Gasteiger partial charge on any atom is -0.337 e. The van der Waals surface area contributed by atoms with Gasteiger partial charge in [0.25, 0.3) is 5.91 Å². The van der Waals surface area contributed by atoms with E-state index >= 15 is 0 Å². The Morgan fingerprint density at radius 2 is 2.04 bits per heavy atom. The van der Waals surface area contributed by atoms with Crippen molar-refractivity contribution in [1.29, 1.82) is 0 Å². The first-order valence-corrected chi connectivity index (χ1v) is 9.16. The molecule has 0 radical (unpaired) electrons. The van der Waals surface area contributed by atoms with Crippen molar-refractivity contribution < 1.29 is 14.1 Å². The minimum absolute atomic E-state index is 0.0242. The number of hydrogen-bond acceptors (Lipinski definition) is 6. The number of urea groups is 1. The molecule has 1 N–H and O–H groups in total. The Labute approximate surface area is 153 Å². The Hall–Kier alpha value is -3.00. The van der Waals surface area contributed by atoms with Crippen LogP contribution in [-0.2, 0) is 17.8 Å². The third-order valence-corrected chi connectivity index (χ3v) is 4.90. The van der Waals surface area contributed by atoms with Gasteiger partial charge in [-0.1, -0.05) is 35.5 Å². The molecule has 1 aliphatic heterocycles. The van der Waals surface area contributed by atoms with Gasteiger partial charge in [0.15, 0.2) is 0 Å². The zero-order valence-corrected chi connectivity index (χ0v) is 14.6. The van der Waals surface area contributed by atoms with Gasteiger partial charge in [0, 0.05) is 10.9 Å². The van der Waals surface area contributed by atoms with E-state index in [2.05, 4.69) is 15.5 Å². The van der Waals surface area contributed by atoms with Crippen LogP contribution in [-0.4, -0.2) is 33.0 Å². The summed E-state index contributed by atoms with van der Waals surface area (Å²) in [6, 6.07) is 10.8. The summed E-state index contributed by atoms with van der Waals surface area (Å²) in [5.74, 6) is 0.425. The lowest BCUT2D eigenvalue weighted by molar-refractivity contribution is -0.128. The third kappa shape index (κ3) is 3.36. The van der Waals surface area contributed by atoms with E-state index in [0.29, 0.717) is 18.7 Å². The Kier molecular flexibility index (Phi) is 4.49. The number of imide groups is 1. The van der Waals surface area contributed by atoms with Gasteiger partial charge in [-0.05, 0) is 29.9 Å². The lowest BCUT2D eigenvalue weighted by atomic mass is 10.1. The van der Waals surface area contributed by atoms with Crippen molar-refractivity contribution in [3.05, 3.63) is 58.6 Å². The van der Waals surface area contributed by atoms with Crippen molar-refractivity contribution in [1.82, 2.24) is 20.4 Å². The van der Waals surface area contributed by atoms with E-state index in [9.17, 15) is 9.59 Å². The van der Waals surface area contributed by atoms with Gasteiger partial charge >= 0.3 is 6.03 Å². The van der Waals surface area contributed by atoms with E-state index in [1.165, 1.54) is 11.3 Å². The molecule has 8 heteroatoms. The number of rotatable bonds is 6. The topological polar surface area (TPSA) is 88.3 Å². The second-order valence-corrected chi connectivity index (χ2v) is 6.75. The monoisotopic (exact) mass is 368 g/mol. The first-order chi connectivity index (χ1) is 12.7. The van der Waals surface area contributed by atoms with E-state index in [1.807, 2.05) is 47.2 Å². The SMILES string of the molecule is O=C1N[C@H](CCc2ccccc2)C(=O)N1Cc1nc(-c2ccsc2)no1. The lowest BCUT2D eigenvalue weighted by Gasteiger charge is -2.10. The van der Waals surface area contributed by atoms with Crippen LogP contribution in [0.3, 0.4) is 0 Å². The number of carbonyl (C=O) groups is 2. The van der Waals surface area contributed by atoms with Crippen LogP contribution in [0, 0.1) is 0 Å². The zero-order chi connectivity index (χ0) is 17.9. The highest BCUT2D eigenvalue weighted by molar-refractivity contribution is 7.08. The van der Waals surface area contributed by atoms with Gasteiger partial charge in [-0.2, -0.15) is 16.3 Å². The van der Waals surface area contributed by atoms with Gasteiger partial charge in [0.05, 0.1) is 0 Å². The summed E-state index contributed by atoms with van der Waals surface area (Å²) in [6.07, 6.45) is 1.27. The van der Waals surface area contributed by atoms with Crippen molar-refractivity contribution in [3.63, 3.8) is 0 Å². The predicted molar refractivity (Wildman–Crippen MR) is 95.2 cm³/mol. The van der Waals surface area contributed by atoms with E-state index in [4.69, 9.17) is 4.52 Å². The van der Waals surface area contributed by atoms with Crippen LogP contribution in [0.15, 0.2) is 51.7 Å². The number of amides is 3. The van der Waals surface area contributed by atoms with Crippen LogP contribution < -0.4 is 5.32 Å². The number of aryl methyl sites for hydroxylation is 1. The smallest absolute Gasteiger partial charge is 0.325 e. The third-order valence-electron chi connectivity index (χ3n) is 4.21. The molecule has 3 heterocycles. The average Bonchev–Trinajstić information content (AvgIpc) is 3.38. The van der Waals surface area contributed by atoms with Crippen molar-refractivity contribution in [2.75, 3.05) is 0 Å². The molecular formula is C18H16N4O3S. The molecule has 26 heavy (non-hydrogen) atoms. The molecule has 3 aromatic rings. The molecule has 0 bridgehead atoms. The Morgan fingerprint density at radius 3 is 2.81 bits per heavy atom. The largest absolute Gasteiger partial charge is 0.337 e. The molecule has 1 fully saturated rings. The molecule has 2 aromatic heterocycles. The molecule has 4 rings (SSSR count). The number of aromatic nitrogens is 2. The highest BCUT2D eigenvalue weighted by Gasteiger charge is 2.38. The molecule has 0 aliphatic carbocycles. The summed E-state index contributed by atoms with van der Waals surface area (Å²) >= 11 is 1.53. The molecule has 0 spiro atoms. The normalized spacial score (nSPS) is 16.9. The van der Waals surface area contributed by atoms with Crippen LogP contribution in [0.1, 0.15) is 17.9 Å². The quantitative estimate of drug-likeness (QED) is 0.676. The van der Waals surface area contributed by atoms with Crippen LogP contribution in [0.2, 0.25) is 0 Å². The Balaban J connectivity index is 1.39. The number of nitrogens with one attached hydrogen (secondary N) is 1. The molecular weight excluding hydrogens is 352 g/mol. The van der Waals surface area contributed by atoms with Crippen LogP contribution in [0.4, 0.5) is 4.79 Å². The van der Waals surface area contributed by atoms with Crippen LogP contribution in [0.25, 0.3) is 11.4 Å². The molecule has 1 saturated heterocycles. The summed E-state index contributed by atoms with van der Waals surface area (Å²) in [4.78, 5) is 30.1. The molecule has 132 valence electrons. The molecule has 7 nitrogen and oxygen atoms in total. The number of carbonyl (C=O) groups excluding carboxylic acids is 2. The number of benzene rings is 1. The first-order valence-electron chi connectivity index (χ1n) is 8.21. The van der Waals surface area contributed by atoms with Gasteiger partial charge in [0.1, 0.15) is 12.6 Å². The number of hydrogen-bond donors (Lipinski definition) is 1. The lowest BCUT2D eigenvalue weighted by Crippen LogP contribution is -2.31. The molecule has 1 atom stereocenters. The van der Waals surface area contributed by atoms with E-state index < -0.39 is 12.1 Å². The van der Waals surface area contributed by atoms with Gasteiger partial charge in [0.2, 0.25) is 11.7 Å². The van der Waals surface area contributed by atoms with Crippen LogP contribution >= 0.6 is 11.3 Å². The van der Waals surface area contributed by atoms with Crippen molar-refractivity contribution >= 4 is 23.3 Å². The summed E-state index contributed by atoms with van der Waals surface area (Å²) in [5.41, 5.74) is 1.98. The second kappa shape index (κ2) is 7.09. The van der Waals surface area contributed by atoms with Gasteiger partial charge in [-0.3, -0.25) is 9.69 Å². The molecule has 1 aliphatic rings. The fourth-order valence-electron chi connectivity index (χ4n) is 2.84. The summed E-state index contributed by atoms with van der Waals surface area (Å²) in [5, 5.41) is 10.4. The number of nitrogens with zero attached hydrogens (tertiary/aromatic N) is 3. The highest BCUT2D eigenvalue weighted by atomic mass is 32.1. The van der Waals surface area contributed by atoms with E-state index in [0.717, 1.165) is 16.0 Å². The summed E-state index contributed by atoms with van der Waals surface area (Å²) in [6.45, 7) is -0.0242. The van der Waals surface area contributed by atoms with E-state index in [1.54, 1.807) is 0 Å². The maximum atomic E-state index is 12.5. The van der Waals surface area contributed by atoms with Gasteiger partial charge < -0.3 is 9.84 Å². The van der Waals surface area contributed by atoms with Gasteiger partial charge in [-0.15, -0.1) is 0 Å². The van der Waals surface area contributed by atoms with Crippen molar-refractivity contribution in [2.24, 2.45) is 0 Å². The fourth-order valence-corrected chi connectivity index (χ4v) is 3.48. The van der Waals surface area contributed by atoms with Crippen LogP contribution in [0.5, 0.6) is 0 Å². The number of thiophene rings is 1. The molecule has 0 saturated carbocycles. The molecule has 0 unspecified atom stereocenters. The fraction of sp³-hybridized carbons (Fsp3) is 0.222. The zero-order valence-electron chi connectivity index (χ0n) is 13.8.